The van der Waals surface area contributed by atoms with Crippen molar-refractivity contribution in [1.29, 1.82) is 0 Å². The molecule has 0 spiro atoms. The Hall–Kier alpha value is -2.21. The lowest BCUT2D eigenvalue weighted by atomic mass is 10.3. The summed E-state index contributed by atoms with van der Waals surface area (Å²) in [5.74, 6) is 0.319. The second kappa shape index (κ2) is 6.81. The minimum atomic E-state index is -0.250. The molecule has 7 heteroatoms. The summed E-state index contributed by atoms with van der Waals surface area (Å²) in [6, 6.07) is 3.36. The van der Waals surface area contributed by atoms with Crippen molar-refractivity contribution < 1.29 is 9.53 Å². The molecule has 0 amide bonds. The number of aromatic nitrogens is 4. The van der Waals surface area contributed by atoms with Gasteiger partial charge in [-0.1, -0.05) is 23.8 Å². The zero-order valence-electron chi connectivity index (χ0n) is 10.9. The Morgan fingerprint density at radius 1 is 1.45 bits per heavy atom. The number of ether oxygens (including phenoxy) is 1. The standard InChI is InChI=1S/C13H13ClN4O2/c1-2-20-13(19)5-3-4-10-8-15-18(9-10)12-7-6-11(14)16-17-12/h3-4,6-9H,2,5H2,1H3. The van der Waals surface area contributed by atoms with E-state index in [1.807, 2.05) is 0 Å². The van der Waals surface area contributed by atoms with Crippen LogP contribution in [-0.4, -0.2) is 32.6 Å². The van der Waals surface area contributed by atoms with E-state index < -0.39 is 0 Å². The van der Waals surface area contributed by atoms with Crippen LogP contribution in [0.4, 0.5) is 0 Å². The van der Waals surface area contributed by atoms with Crippen LogP contribution in [0.5, 0.6) is 0 Å². The molecule has 2 rings (SSSR count). The second-order valence-electron chi connectivity index (χ2n) is 3.84. The molecule has 0 aliphatic rings. The molecule has 0 radical (unpaired) electrons. The summed E-state index contributed by atoms with van der Waals surface area (Å²) >= 11 is 5.67. The molecule has 2 aromatic heterocycles. The van der Waals surface area contributed by atoms with Gasteiger partial charge < -0.3 is 4.74 Å². The number of carbonyl (C=O) groups is 1. The number of halogens is 1. The highest BCUT2D eigenvalue weighted by Gasteiger charge is 2.02. The molecule has 0 fully saturated rings. The Labute approximate surface area is 121 Å². The molecule has 104 valence electrons. The van der Waals surface area contributed by atoms with Gasteiger partial charge in [0.25, 0.3) is 0 Å². The predicted molar refractivity (Wildman–Crippen MR) is 74.4 cm³/mol. The van der Waals surface area contributed by atoms with Crippen molar-refractivity contribution in [1.82, 2.24) is 20.0 Å². The van der Waals surface area contributed by atoms with Gasteiger partial charge in [-0.05, 0) is 19.1 Å². The van der Waals surface area contributed by atoms with E-state index in [-0.39, 0.29) is 12.4 Å². The fourth-order valence-corrected chi connectivity index (χ4v) is 1.59. The minimum Gasteiger partial charge on any atom is -0.466 e. The molecule has 0 unspecified atom stereocenters. The van der Waals surface area contributed by atoms with Gasteiger partial charge in [-0.15, -0.1) is 10.2 Å². The molecule has 0 atom stereocenters. The van der Waals surface area contributed by atoms with Gasteiger partial charge in [-0.3, -0.25) is 4.79 Å². The van der Waals surface area contributed by atoms with Crippen LogP contribution in [0.1, 0.15) is 18.9 Å². The van der Waals surface area contributed by atoms with E-state index in [9.17, 15) is 4.79 Å². The minimum absolute atomic E-state index is 0.236. The third kappa shape index (κ3) is 3.89. The van der Waals surface area contributed by atoms with Crippen molar-refractivity contribution in [3.63, 3.8) is 0 Å². The van der Waals surface area contributed by atoms with E-state index in [4.69, 9.17) is 16.3 Å². The number of hydrogen-bond donors (Lipinski definition) is 0. The first-order valence-electron chi connectivity index (χ1n) is 6.05. The molecule has 0 aromatic carbocycles. The van der Waals surface area contributed by atoms with E-state index in [1.165, 1.54) is 0 Å². The topological polar surface area (TPSA) is 69.9 Å². The number of nitrogens with zero attached hydrogens (tertiary/aromatic N) is 4. The zero-order valence-corrected chi connectivity index (χ0v) is 11.6. The third-order valence-corrected chi connectivity index (χ3v) is 2.56. The smallest absolute Gasteiger partial charge is 0.309 e. The van der Waals surface area contributed by atoms with Crippen LogP contribution in [0.25, 0.3) is 11.9 Å². The molecule has 0 saturated carbocycles. The van der Waals surface area contributed by atoms with Gasteiger partial charge in [0.2, 0.25) is 0 Å². The highest BCUT2D eigenvalue weighted by molar-refractivity contribution is 6.29. The van der Waals surface area contributed by atoms with Crippen LogP contribution in [0.15, 0.2) is 30.6 Å². The lowest BCUT2D eigenvalue weighted by Gasteiger charge is -1.97. The van der Waals surface area contributed by atoms with Crippen LogP contribution < -0.4 is 0 Å². The van der Waals surface area contributed by atoms with Gasteiger partial charge in [0.1, 0.15) is 0 Å². The number of esters is 1. The molecule has 20 heavy (non-hydrogen) atoms. The molecule has 2 aromatic rings. The summed E-state index contributed by atoms with van der Waals surface area (Å²) < 4.78 is 6.40. The highest BCUT2D eigenvalue weighted by Crippen LogP contribution is 2.09. The first-order chi connectivity index (χ1) is 9.69. The normalized spacial score (nSPS) is 10.9. The van der Waals surface area contributed by atoms with Crippen molar-refractivity contribution in [2.45, 2.75) is 13.3 Å². The molecular formula is C13H13ClN4O2. The van der Waals surface area contributed by atoms with Crippen molar-refractivity contribution in [2.24, 2.45) is 0 Å². The van der Waals surface area contributed by atoms with Crippen LogP contribution in [-0.2, 0) is 9.53 Å². The van der Waals surface area contributed by atoms with Crippen LogP contribution >= 0.6 is 11.6 Å². The fourth-order valence-electron chi connectivity index (χ4n) is 1.49. The maximum Gasteiger partial charge on any atom is 0.309 e. The number of rotatable bonds is 5. The monoisotopic (exact) mass is 292 g/mol. The molecule has 2 heterocycles. The van der Waals surface area contributed by atoms with Gasteiger partial charge in [-0.2, -0.15) is 5.10 Å². The van der Waals surface area contributed by atoms with Gasteiger partial charge in [0, 0.05) is 11.8 Å². The molecule has 0 aliphatic carbocycles. The van der Waals surface area contributed by atoms with E-state index in [0.29, 0.717) is 17.6 Å². The summed E-state index contributed by atoms with van der Waals surface area (Å²) in [4.78, 5) is 11.2. The summed E-state index contributed by atoms with van der Waals surface area (Å²) in [6.45, 7) is 2.17. The summed E-state index contributed by atoms with van der Waals surface area (Å²) in [6.07, 6.45) is 7.20. The third-order valence-electron chi connectivity index (χ3n) is 2.36. The average Bonchev–Trinajstić information content (AvgIpc) is 2.89. The molecule has 0 bridgehead atoms. The fraction of sp³-hybridized carbons (Fsp3) is 0.231. The van der Waals surface area contributed by atoms with Crippen molar-refractivity contribution >= 4 is 23.6 Å². The van der Waals surface area contributed by atoms with Crippen LogP contribution in [0.3, 0.4) is 0 Å². The van der Waals surface area contributed by atoms with Crippen LogP contribution in [0, 0.1) is 0 Å². The Morgan fingerprint density at radius 2 is 2.30 bits per heavy atom. The summed E-state index contributed by atoms with van der Waals surface area (Å²) in [5.41, 5.74) is 0.853. The Bertz CT molecular complexity index is 607. The molecule has 0 saturated heterocycles. The van der Waals surface area contributed by atoms with Crippen molar-refractivity contribution in [3.8, 4) is 5.82 Å². The summed E-state index contributed by atoms with van der Waals surface area (Å²) in [7, 11) is 0. The molecule has 6 nitrogen and oxygen atoms in total. The molecule has 0 aliphatic heterocycles. The first-order valence-corrected chi connectivity index (χ1v) is 6.43. The van der Waals surface area contributed by atoms with E-state index >= 15 is 0 Å². The lowest BCUT2D eigenvalue weighted by Crippen LogP contribution is -2.01. The largest absolute Gasteiger partial charge is 0.466 e. The zero-order chi connectivity index (χ0) is 14.4. The van der Waals surface area contributed by atoms with Gasteiger partial charge in [0.15, 0.2) is 11.0 Å². The molecular weight excluding hydrogens is 280 g/mol. The van der Waals surface area contributed by atoms with Gasteiger partial charge in [0.05, 0.1) is 19.2 Å². The quantitative estimate of drug-likeness (QED) is 0.791. The average molecular weight is 293 g/mol. The van der Waals surface area contributed by atoms with Gasteiger partial charge in [-0.25, -0.2) is 4.68 Å². The Balaban J connectivity index is 2.00. The van der Waals surface area contributed by atoms with Crippen LogP contribution in [0.2, 0.25) is 5.15 Å². The number of carbonyl (C=O) groups excluding carboxylic acids is 1. The van der Waals surface area contributed by atoms with Gasteiger partial charge >= 0.3 is 5.97 Å². The summed E-state index contributed by atoms with van der Waals surface area (Å²) in [5, 5.41) is 12.1. The predicted octanol–water partition coefficient (Wildman–Crippen LogP) is 2.28. The van der Waals surface area contributed by atoms with Crippen molar-refractivity contribution in [3.05, 3.63) is 41.3 Å². The first kappa shape index (κ1) is 14.2. The number of hydrogen-bond acceptors (Lipinski definition) is 5. The van der Waals surface area contributed by atoms with E-state index in [0.717, 1.165) is 5.56 Å². The molecule has 0 N–H and O–H groups in total. The SMILES string of the molecule is CCOC(=O)CC=Cc1cnn(-c2ccc(Cl)nn2)c1. The Kier molecular flexibility index (Phi) is 4.84. The van der Waals surface area contributed by atoms with E-state index in [2.05, 4.69) is 15.3 Å². The Morgan fingerprint density at radius 3 is 3.00 bits per heavy atom. The maximum atomic E-state index is 11.2. The van der Waals surface area contributed by atoms with Crippen molar-refractivity contribution in [2.75, 3.05) is 6.61 Å². The highest BCUT2D eigenvalue weighted by atomic mass is 35.5. The van der Waals surface area contributed by atoms with E-state index in [1.54, 1.807) is 48.3 Å². The second-order valence-corrected chi connectivity index (χ2v) is 4.23. The maximum absolute atomic E-state index is 11.2. The lowest BCUT2D eigenvalue weighted by molar-refractivity contribution is -0.142.